The van der Waals surface area contributed by atoms with Gasteiger partial charge < -0.3 is 5.32 Å². The summed E-state index contributed by atoms with van der Waals surface area (Å²) >= 11 is 11.9. The molecule has 2 aromatic carbocycles. The molecule has 1 amide bonds. The third-order valence-electron chi connectivity index (χ3n) is 3.66. The Balaban J connectivity index is 1.93. The number of carbonyl (C=O) groups is 1. The zero-order valence-corrected chi connectivity index (χ0v) is 14.7. The number of anilines is 1. The summed E-state index contributed by atoms with van der Waals surface area (Å²) in [5.41, 5.74) is 3.60. The van der Waals surface area contributed by atoms with Crippen molar-refractivity contribution in [2.75, 3.05) is 5.32 Å². The quantitative estimate of drug-likeness (QED) is 0.711. The SMILES string of the molecule is Cc1nn(-c2ccccc2)c(C)c1NC(=O)c1cc(Cl)cc(Cl)c1. The maximum Gasteiger partial charge on any atom is 0.255 e. The smallest absolute Gasteiger partial charge is 0.255 e. The van der Waals surface area contributed by atoms with Gasteiger partial charge in [-0.3, -0.25) is 4.79 Å². The van der Waals surface area contributed by atoms with Gasteiger partial charge in [0.25, 0.3) is 5.91 Å². The maximum atomic E-state index is 12.5. The average Bonchev–Trinajstić information content (AvgIpc) is 2.83. The van der Waals surface area contributed by atoms with E-state index in [4.69, 9.17) is 23.2 Å². The number of nitrogens with one attached hydrogen (secondary N) is 1. The summed E-state index contributed by atoms with van der Waals surface area (Å²) in [5.74, 6) is -0.279. The number of halogens is 2. The molecule has 3 aromatic rings. The highest BCUT2D eigenvalue weighted by molar-refractivity contribution is 6.35. The van der Waals surface area contributed by atoms with Gasteiger partial charge in [0, 0.05) is 15.6 Å². The lowest BCUT2D eigenvalue weighted by molar-refractivity contribution is 0.102. The van der Waals surface area contributed by atoms with E-state index in [1.54, 1.807) is 22.9 Å². The molecule has 0 saturated carbocycles. The van der Waals surface area contributed by atoms with Crippen molar-refractivity contribution in [2.45, 2.75) is 13.8 Å². The number of aryl methyl sites for hydroxylation is 1. The summed E-state index contributed by atoms with van der Waals surface area (Å²) in [6, 6.07) is 14.5. The minimum absolute atomic E-state index is 0.279. The molecule has 122 valence electrons. The van der Waals surface area contributed by atoms with Crippen LogP contribution < -0.4 is 5.32 Å². The molecule has 0 aliphatic rings. The van der Waals surface area contributed by atoms with Crippen molar-refractivity contribution in [3.8, 4) is 5.69 Å². The van der Waals surface area contributed by atoms with Gasteiger partial charge in [0.15, 0.2) is 0 Å². The summed E-state index contributed by atoms with van der Waals surface area (Å²) in [5, 5.41) is 8.25. The Morgan fingerprint density at radius 3 is 2.29 bits per heavy atom. The lowest BCUT2D eigenvalue weighted by Crippen LogP contribution is -2.13. The number of hydrogen-bond donors (Lipinski definition) is 1. The molecule has 0 radical (unpaired) electrons. The molecular formula is C18H15Cl2N3O. The molecule has 0 atom stereocenters. The monoisotopic (exact) mass is 359 g/mol. The minimum Gasteiger partial charge on any atom is -0.319 e. The Morgan fingerprint density at radius 2 is 1.67 bits per heavy atom. The van der Waals surface area contributed by atoms with Crippen LogP contribution in [-0.4, -0.2) is 15.7 Å². The topological polar surface area (TPSA) is 46.9 Å². The van der Waals surface area contributed by atoms with Crippen molar-refractivity contribution in [1.29, 1.82) is 0 Å². The van der Waals surface area contributed by atoms with Crippen LogP contribution >= 0.6 is 23.2 Å². The van der Waals surface area contributed by atoms with Crippen LogP contribution in [0.2, 0.25) is 10.0 Å². The van der Waals surface area contributed by atoms with E-state index in [1.807, 2.05) is 44.2 Å². The molecular weight excluding hydrogens is 345 g/mol. The standard InChI is InChI=1S/C18H15Cl2N3O/c1-11-17(12(2)23(22-11)16-6-4-3-5-7-16)21-18(24)13-8-14(19)10-15(20)9-13/h3-10H,1-2H3,(H,21,24). The zero-order chi connectivity index (χ0) is 17.3. The van der Waals surface area contributed by atoms with Crippen molar-refractivity contribution in [3.05, 3.63) is 75.5 Å². The molecule has 0 aliphatic carbocycles. The molecule has 0 fully saturated rings. The lowest BCUT2D eigenvalue weighted by atomic mass is 10.2. The van der Waals surface area contributed by atoms with E-state index in [0.717, 1.165) is 17.1 Å². The highest BCUT2D eigenvalue weighted by Crippen LogP contribution is 2.25. The molecule has 1 aromatic heterocycles. The first-order valence-corrected chi connectivity index (χ1v) is 8.10. The normalized spacial score (nSPS) is 10.7. The van der Waals surface area contributed by atoms with Crippen molar-refractivity contribution in [3.63, 3.8) is 0 Å². The Bertz CT molecular complexity index is 884. The van der Waals surface area contributed by atoms with Gasteiger partial charge >= 0.3 is 0 Å². The third kappa shape index (κ3) is 3.30. The van der Waals surface area contributed by atoms with Gasteiger partial charge in [-0.2, -0.15) is 5.10 Å². The molecule has 3 rings (SSSR count). The predicted octanol–water partition coefficient (Wildman–Crippen LogP) is 5.05. The number of aromatic nitrogens is 2. The highest BCUT2D eigenvalue weighted by atomic mass is 35.5. The molecule has 0 saturated heterocycles. The summed E-state index contributed by atoms with van der Waals surface area (Å²) in [6.07, 6.45) is 0. The molecule has 24 heavy (non-hydrogen) atoms. The highest BCUT2D eigenvalue weighted by Gasteiger charge is 2.16. The van der Waals surface area contributed by atoms with E-state index in [0.29, 0.717) is 21.3 Å². The van der Waals surface area contributed by atoms with E-state index in [2.05, 4.69) is 10.4 Å². The van der Waals surface area contributed by atoms with Gasteiger partial charge in [-0.1, -0.05) is 41.4 Å². The Hall–Kier alpha value is -2.30. The number of benzene rings is 2. The molecule has 0 aliphatic heterocycles. The van der Waals surface area contributed by atoms with Gasteiger partial charge in [0.2, 0.25) is 0 Å². The summed E-state index contributed by atoms with van der Waals surface area (Å²) in [6.45, 7) is 3.76. The summed E-state index contributed by atoms with van der Waals surface area (Å²) < 4.78 is 1.80. The third-order valence-corrected chi connectivity index (χ3v) is 4.09. The van der Waals surface area contributed by atoms with Crippen molar-refractivity contribution in [2.24, 2.45) is 0 Å². The number of amides is 1. The van der Waals surface area contributed by atoms with Gasteiger partial charge in [0.1, 0.15) is 0 Å². The predicted molar refractivity (Wildman–Crippen MR) is 97.5 cm³/mol. The molecule has 0 bridgehead atoms. The first kappa shape index (κ1) is 16.6. The van der Waals surface area contributed by atoms with E-state index < -0.39 is 0 Å². The molecule has 0 spiro atoms. The fourth-order valence-corrected chi connectivity index (χ4v) is 3.04. The molecule has 0 unspecified atom stereocenters. The summed E-state index contributed by atoms with van der Waals surface area (Å²) in [4.78, 5) is 12.5. The second kappa shape index (κ2) is 6.67. The average molecular weight is 360 g/mol. The van der Waals surface area contributed by atoms with Crippen molar-refractivity contribution in [1.82, 2.24) is 9.78 Å². The fraction of sp³-hybridized carbons (Fsp3) is 0.111. The number of para-hydroxylation sites is 1. The van der Waals surface area contributed by atoms with Crippen LogP contribution in [0.4, 0.5) is 5.69 Å². The van der Waals surface area contributed by atoms with Gasteiger partial charge in [-0.05, 0) is 44.2 Å². The first-order valence-electron chi connectivity index (χ1n) is 7.35. The largest absolute Gasteiger partial charge is 0.319 e. The van der Waals surface area contributed by atoms with Crippen LogP contribution in [0, 0.1) is 13.8 Å². The number of hydrogen-bond acceptors (Lipinski definition) is 2. The van der Waals surface area contributed by atoms with Crippen LogP contribution in [-0.2, 0) is 0 Å². The molecule has 1 N–H and O–H groups in total. The summed E-state index contributed by atoms with van der Waals surface area (Å²) in [7, 11) is 0. The van der Waals surface area contributed by atoms with Crippen LogP contribution in [0.15, 0.2) is 48.5 Å². The van der Waals surface area contributed by atoms with Gasteiger partial charge in [-0.25, -0.2) is 4.68 Å². The van der Waals surface area contributed by atoms with Crippen LogP contribution in [0.25, 0.3) is 5.69 Å². The second-order valence-electron chi connectivity index (χ2n) is 5.41. The lowest BCUT2D eigenvalue weighted by Gasteiger charge is -2.08. The van der Waals surface area contributed by atoms with Crippen LogP contribution in [0.1, 0.15) is 21.7 Å². The van der Waals surface area contributed by atoms with Crippen molar-refractivity contribution >= 4 is 34.8 Å². The van der Waals surface area contributed by atoms with Crippen LogP contribution in [0.3, 0.4) is 0 Å². The molecule has 6 heteroatoms. The van der Waals surface area contributed by atoms with E-state index >= 15 is 0 Å². The number of nitrogens with zero attached hydrogens (tertiary/aromatic N) is 2. The Kier molecular flexibility index (Phi) is 4.60. The van der Waals surface area contributed by atoms with E-state index in [1.165, 1.54) is 0 Å². The van der Waals surface area contributed by atoms with E-state index in [-0.39, 0.29) is 5.91 Å². The van der Waals surface area contributed by atoms with Gasteiger partial charge in [-0.15, -0.1) is 0 Å². The van der Waals surface area contributed by atoms with Gasteiger partial charge in [0.05, 0.1) is 22.8 Å². The molecule has 1 heterocycles. The van der Waals surface area contributed by atoms with E-state index in [9.17, 15) is 4.79 Å². The Morgan fingerprint density at radius 1 is 1.04 bits per heavy atom. The van der Waals surface area contributed by atoms with Crippen molar-refractivity contribution < 1.29 is 4.79 Å². The van der Waals surface area contributed by atoms with Crippen LogP contribution in [0.5, 0.6) is 0 Å². The minimum atomic E-state index is -0.279. The first-order chi connectivity index (χ1) is 11.5. The maximum absolute atomic E-state index is 12.5. The second-order valence-corrected chi connectivity index (χ2v) is 6.28. The Labute approximate surface area is 150 Å². The zero-order valence-electron chi connectivity index (χ0n) is 13.2. The number of carbonyl (C=O) groups excluding carboxylic acids is 1. The fourth-order valence-electron chi connectivity index (χ4n) is 2.51. The number of rotatable bonds is 3. The molecule has 4 nitrogen and oxygen atoms in total.